The van der Waals surface area contributed by atoms with Crippen LogP contribution in [0.25, 0.3) is 0 Å². The van der Waals surface area contributed by atoms with Crippen molar-refractivity contribution >= 4 is 11.7 Å². The van der Waals surface area contributed by atoms with E-state index in [0.29, 0.717) is 12.2 Å². The molecule has 1 N–H and O–H groups in total. The van der Waals surface area contributed by atoms with Crippen LogP contribution in [0.4, 0.5) is 5.69 Å². The van der Waals surface area contributed by atoms with Gasteiger partial charge in [-0.3, -0.25) is 5.32 Å². The van der Waals surface area contributed by atoms with Gasteiger partial charge in [0.15, 0.2) is 0 Å². The topological polar surface area (TPSA) is 51.4 Å². The van der Waals surface area contributed by atoms with Crippen LogP contribution in [0.2, 0.25) is 0 Å². The molecule has 3 nitrogen and oxygen atoms in total. The third-order valence-electron chi connectivity index (χ3n) is 1.64. The smallest absolute Gasteiger partial charge is 0.337 e. The minimum atomic E-state index is -0.921. The van der Waals surface area contributed by atoms with E-state index < -0.39 is 5.97 Å². The quantitative estimate of drug-likeness (QED) is 0.766. The van der Waals surface area contributed by atoms with Crippen LogP contribution < -0.4 is 5.32 Å². The molecule has 69 valence electrons. The highest BCUT2D eigenvalue weighted by atomic mass is 16.4. The van der Waals surface area contributed by atoms with E-state index in [0.717, 1.165) is 6.42 Å². The molecule has 0 saturated heterocycles. The van der Waals surface area contributed by atoms with Gasteiger partial charge in [-0.2, -0.15) is 0 Å². The Bertz CT molecular complexity index is 297. The number of hydrogen-bond acceptors (Lipinski definition) is 1. The number of rotatable bonds is 4. The number of hydrogen-bond donors (Lipinski definition) is 1. The number of para-hydroxylation sites is 1. The normalized spacial score (nSPS) is 9.62. The fraction of sp³-hybridized carbons (Fsp3) is 0.300. The lowest BCUT2D eigenvalue weighted by Gasteiger charge is -2.04. The summed E-state index contributed by atoms with van der Waals surface area (Å²) in [6, 6.07) is 6.78. The first-order chi connectivity index (χ1) is 6.25. The molecular weight excluding hydrogens is 166 g/mol. The summed E-state index contributed by atoms with van der Waals surface area (Å²) >= 11 is 0. The van der Waals surface area contributed by atoms with Crippen molar-refractivity contribution in [3.8, 4) is 0 Å². The molecule has 0 atom stereocenters. The van der Waals surface area contributed by atoms with Crippen molar-refractivity contribution in [2.45, 2.75) is 13.3 Å². The first kappa shape index (κ1) is 9.58. The standard InChI is InChI=1S/C10H12NO2/c1-2-7-11-9-6-4-3-5-8(9)10(12)13/h3-6H,2,7H2,1H3,(H,12,13). The van der Waals surface area contributed by atoms with Crippen molar-refractivity contribution in [1.29, 1.82) is 0 Å². The van der Waals surface area contributed by atoms with E-state index in [1.807, 2.05) is 6.92 Å². The zero-order chi connectivity index (χ0) is 9.68. The molecule has 0 aromatic heterocycles. The number of carboxylic acid groups (broad SMARTS) is 1. The summed E-state index contributed by atoms with van der Waals surface area (Å²) in [4.78, 5) is 10.7. The maximum Gasteiger partial charge on any atom is 0.337 e. The molecule has 1 aromatic carbocycles. The van der Waals surface area contributed by atoms with Crippen LogP contribution in [-0.4, -0.2) is 17.6 Å². The van der Waals surface area contributed by atoms with Gasteiger partial charge in [-0.15, -0.1) is 0 Å². The summed E-state index contributed by atoms with van der Waals surface area (Å²) in [7, 11) is 0. The lowest BCUT2D eigenvalue weighted by Crippen LogP contribution is -2.05. The molecule has 13 heavy (non-hydrogen) atoms. The van der Waals surface area contributed by atoms with Gasteiger partial charge in [0.25, 0.3) is 0 Å². The summed E-state index contributed by atoms with van der Waals surface area (Å²) in [5, 5.41) is 13.0. The molecule has 0 saturated carbocycles. The molecular formula is C10H12NO2. The largest absolute Gasteiger partial charge is 0.478 e. The van der Waals surface area contributed by atoms with Gasteiger partial charge in [0, 0.05) is 6.54 Å². The second-order valence-corrected chi connectivity index (χ2v) is 2.70. The zero-order valence-corrected chi connectivity index (χ0v) is 7.53. The average molecular weight is 178 g/mol. The molecule has 0 fully saturated rings. The first-order valence-corrected chi connectivity index (χ1v) is 4.25. The van der Waals surface area contributed by atoms with Gasteiger partial charge in [-0.25, -0.2) is 4.79 Å². The van der Waals surface area contributed by atoms with Crippen LogP contribution >= 0.6 is 0 Å². The number of carbonyl (C=O) groups is 1. The molecule has 0 aliphatic carbocycles. The fourth-order valence-corrected chi connectivity index (χ4v) is 1.02. The van der Waals surface area contributed by atoms with Crippen LogP contribution in [0.5, 0.6) is 0 Å². The third-order valence-corrected chi connectivity index (χ3v) is 1.64. The number of nitrogens with zero attached hydrogens (tertiary/aromatic N) is 1. The maximum atomic E-state index is 10.7. The van der Waals surface area contributed by atoms with Crippen molar-refractivity contribution in [3.63, 3.8) is 0 Å². The predicted octanol–water partition coefficient (Wildman–Crippen LogP) is 2.03. The van der Waals surface area contributed by atoms with Gasteiger partial charge >= 0.3 is 5.97 Å². The van der Waals surface area contributed by atoms with E-state index >= 15 is 0 Å². The van der Waals surface area contributed by atoms with E-state index in [1.54, 1.807) is 24.3 Å². The molecule has 0 heterocycles. The first-order valence-electron chi connectivity index (χ1n) is 4.25. The summed E-state index contributed by atoms with van der Waals surface area (Å²) in [6.45, 7) is 2.68. The predicted molar refractivity (Wildman–Crippen MR) is 50.4 cm³/mol. The molecule has 1 rings (SSSR count). The van der Waals surface area contributed by atoms with Crippen LogP contribution in [0, 0.1) is 0 Å². The van der Waals surface area contributed by atoms with Crippen LogP contribution in [-0.2, 0) is 0 Å². The highest BCUT2D eigenvalue weighted by Crippen LogP contribution is 2.14. The molecule has 0 unspecified atom stereocenters. The molecule has 0 spiro atoms. The lowest BCUT2D eigenvalue weighted by molar-refractivity contribution is 0.0697. The summed E-state index contributed by atoms with van der Waals surface area (Å²) in [5.41, 5.74) is 0.841. The number of benzene rings is 1. The Labute approximate surface area is 77.4 Å². The average Bonchev–Trinajstić information content (AvgIpc) is 2.15. The molecule has 0 amide bonds. The SMILES string of the molecule is CCC[N]c1ccccc1C(=O)O. The molecule has 3 heteroatoms. The van der Waals surface area contributed by atoms with Gasteiger partial charge < -0.3 is 5.11 Å². The highest BCUT2D eigenvalue weighted by molar-refractivity contribution is 5.93. The van der Waals surface area contributed by atoms with E-state index in [9.17, 15) is 4.79 Å². The maximum absolute atomic E-state index is 10.7. The zero-order valence-electron chi connectivity index (χ0n) is 7.53. The Balaban J connectivity index is 2.84. The Hall–Kier alpha value is -1.51. The summed E-state index contributed by atoms with van der Waals surface area (Å²) in [6.07, 6.45) is 0.925. The second kappa shape index (κ2) is 4.50. The second-order valence-electron chi connectivity index (χ2n) is 2.70. The molecule has 1 radical (unpaired) electrons. The van der Waals surface area contributed by atoms with Crippen molar-refractivity contribution in [2.24, 2.45) is 0 Å². The van der Waals surface area contributed by atoms with E-state index in [4.69, 9.17) is 5.11 Å². The van der Waals surface area contributed by atoms with Crippen molar-refractivity contribution < 1.29 is 9.90 Å². The number of aromatic carboxylic acids is 1. The van der Waals surface area contributed by atoms with Crippen LogP contribution in [0.1, 0.15) is 23.7 Å². The molecule has 0 bridgehead atoms. The highest BCUT2D eigenvalue weighted by Gasteiger charge is 2.08. The Morgan fingerprint density at radius 1 is 1.46 bits per heavy atom. The van der Waals surface area contributed by atoms with Crippen molar-refractivity contribution in [3.05, 3.63) is 29.8 Å². The lowest BCUT2D eigenvalue weighted by atomic mass is 10.2. The van der Waals surface area contributed by atoms with Gasteiger partial charge in [-0.1, -0.05) is 19.1 Å². The monoisotopic (exact) mass is 178 g/mol. The van der Waals surface area contributed by atoms with Crippen molar-refractivity contribution in [1.82, 2.24) is 5.32 Å². The minimum Gasteiger partial charge on any atom is -0.478 e. The summed E-state index contributed by atoms with van der Waals surface area (Å²) < 4.78 is 0. The Kier molecular flexibility index (Phi) is 3.31. The van der Waals surface area contributed by atoms with Gasteiger partial charge in [0.05, 0.1) is 11.3 Å². The summed E-state index contributed by atoms with van der Waals surface area (Å²) in [5.74, 6) is -0.921. The fourth-order valence-electron chi connectivity index (χ4n) is 1.02. The van der Waals surface area contributed by atoms with E-state index in [1.165, 1.54) is 0 Å². The van der Waals surface area contributed by atoms with Gasteiger partial charge in [-0.05, 0) is 18.6 Å². The van der Waals surface area contributed by atoms with E-state index in [-0.39, 0.29) is 5.56 Å². The minimum absolute atomic E-state index is 0.274. The molecule has 1 aromatic rings. The van der Waals surface area contributed by atoms with Crippen molar-refractivity contribution in [2.75, 3.05) is 6.54 Å². The number of carboxylic acids is 1. The Morgan fingerprint density at radius 3 is 2.77 bits per heavy atom. The molecule has 0 aliphatic rings. The van der Waals surface area contributed by atoms with Gasteiger partial charge in [0.1, 0.15) is 0 Å². The van der Waals surface area contributed by atoms with Crippen LogP contribution in [0.15, 0.2) is 24.3 Å². The van der Waals surface area contributed by atoms with Crippen LogP contribution in [0.3, 0.4) is 0 Å². The van der Waals surface area contributed by atoms with Gasteiger partial charge in [0.2, 0.25) is 0 Å². The van der Waals surface area contributed by atoms with E-state index in [2.05, 4.69) is 5.32 Å². The molecule has 0 aliphatic heterocycles. The third kappa shape index (κ3) is 2.47. The Morgan fingerprint density at radius 2 is 2.15 bits per heavy atom.